The summed E-state index contributed by atoms with van der Waals surface area (Å²) in [5.41, 5.74) is 6.66. The van der Waals surface area contributed by atoms with Crippen LogP contribution in [-0.4, -0.2) is 5.78 Å². The first-order valence-electron chi connectivity index (χ1n) is 10.5. The number of Topliss-reactive ketones (excluding diaryl/α,β-unsaturated/α-hetero) is 1. The molecular formula is C25H39NO. The standard InChI is InChI=1S/C25H39NO/c1-17-14-21(12-10-9-11-13-24(5,6)20(4)27)15-18(2)23(17)26-19(3)22-16-25(22,7)8/h14-15,22,26H,3,9-13,16H2,1-2,4-8H3. The second-order valence-corrected chi connectivity index (χ2v) is 10.0. The van der Waals surface area contributed by atoms with Gasteiger partial charge in [-0.15, -0.1) is 0 Å². The molecule has 150 valence electrons. The number of unbranched alkanes of at least 4 members (excludes halogenated alkanes) is 2. The third-order valence-electron chi connectivity index (χ3n) is 6.53. The van der Waals surface area contributed by atoms with Crippen molar-refractivity contribution in [3.05, 3.63) is 41.1 Å². The highest BCUT2D eigenvalue weighted by atomic mass is 16.1. The van der Waals surface area contributed by atoms with Crippen molar-refractivity contribution < 1.29 is 4.79 Å². The number of carbonyl (C=O) groups is 1. The van der Waals surface area contributed by atoms with E-state index in [1.807, 2.05) is 0 Å². The number of anilines is 1. The molecule has 1 saturated carbocycles. The van der Waals surface area contributed by atoms with Gasteiger partial charge in [-0.05, 0) is 68.6 Å². The molecule has 0 aromatic heterocycles. The summed E-state index contributed by atoms with van der Waals surface area (Å²) in [6.07, 6.45) is 6.82. The Morgan fingerprint density at radius 3 is 2.22 bits per heavy atom. The van der Waals surface area contributed by atoms with E-state index in [0.717, 1.165) is 25.0 Å². The Hall–Kier alpha value is -1.57. The van der Waals surface area contributed by atoms with Crippen LogP contribution >= 0.6 is 0 Å². The minimum atomic E-state index is -0.168. The molecule has 0 spiro atoms. The van der Waals surface area contributed by atoms with E-state index in [2.05, 4.69) is 65.6 Å². The lowest BCUT2D eigenvalue weighted by Gasteiger charge is -2.20. The average molecular weight is 370 g/mol. The largest absolute Gasteiger partial charge is 0.359 e. The van der Waals surface area contributed by atoms with E-state index in [-0.39, 0.29) is 5.41 Å². The minimum Gasteiger partial charge on any atom is -0.359 e. The molecule has 1 aromatic carbocycles. The van der Waals surface area contributed by atoms with Crippen molar-refractivity contribution in [3.8, 4) is 0 Å². The fourth-order valence-corrected chi connectivity index (χ4v) is 3.95. The average Bonchev–Trinajstić information content (AvgIpc) is 3.19. The van der Waals surface area contributed by atoms with Crippen LogP contribution in [0.15, 0.2) is 24.4 Å². The SMILES string of the molecule is C=C(Nc1c(C)cc(CCCCCC(C)(C)C(C)=O)cc1C)C1CC1(C)C. The van der Waals surface area contributed by atoms with Gasteiger partial charge in [0.1, 0.15) is 5.78 Å². The number of aryl methyl sites for hydroxylation is 3. The van der Waals surface area contributed by atoms with Crippen molar-refractivity contribution >= 4 is 11.5 Å². The predicted octanol–water partition coefficient (Wildman–Crippen LogP) is 6.99. The second kappa shape index (κ2) is 8.20. The Morgan fingerprint density at radius 1 is 1.19 bits per heavy atom. The summed E-state index contributed by atoms with van der Waals surface area (Å²) in [4.78, 5) is 11.6. The summed E-state index contributed by atoms with van der Waals surface area (Å²) in [5.74, 6) is 0.892. The monoisotopic (exact) mass is 369 g/mol. The molecule has 1 aliphatic carbocycles. The molecule has 2 nitrogen and oxygen atoms in total. The summed E-state index contributed by atoms with van der Waals surface area (Å²) in [6.45, 7) is 19.1. The van der Waals surface area contributed by atoms with E-state index in [4.69, 9.17) is 0 Å². The van der Waals surface area contributed by atoms with E-state index in [1.54, 1.807) is 6.92 Å². The van der Waals surface area contributed by atoms with Gasteiger partial charge in [-0.3, -0.25) is 4.79 Å². The minimum absolute atomic E-state index is 0.168. The van der Waals surface area contributed by atoms with Crippen LogP contribution < -0.4 is 5.32 Å². The van der Waals surface area contributed by atoms with Gasteiger partial charge in [0.2, 0.25) is 0 Å². The normalized spacial score (nSPS) is 18.3. The van der Waals surface area contributed by atoms with Crippen LogP contribution in [0.4, 0.5) is 5.69 Å². The van der Waals surface area contributed by atoms with Crippen LogP contribution in [0.3, 0.4) is 0 Å². The molecule has 0 heterocycles. The molecule has 2 heteroatoms. The van der Waals surface area contributed by atoms with Gasteiger partial charge in [-0.25, -0.2) is 0 Å². The molecule has 0 amide bonds. The molecule has 0 bridgehead atoms. The first kappa shape index (κ1) is 21.7. The maximum atomic E-state index is 11.6. The highest BCUT2D eigenvalue weighted by Gasteiger charge is 2.47. The molecule has 1 aromatic rings. The smallest absolute Gasteiger partial charge is 0.135 e. The van der Waals surface area contributed by atoms with Gasteiger partial charge < -0.3 is 5.32 Å². The molecule has 1 fully saturated rings. The van der Waals surface area contributed by atoms with Gasteiger partial charge >= 0.3 is 0 Å². The van der Waals surface area contributed by atoms with Crippen molar-refractivity contribution in [2.45, 2.75) is 87.0 Å². The Bertz CT molecular complexity index is 688. The molecule has 1 atom stereocenters. The third-order valence-corrected chi connectivity index (χ3v) is 6.53. The molecular weight excluding hydrogens is 330 g/mol. The van der Waals surface area contributed by atoms with Crippen molar-refractivity contribution in [1.29, 1.82) is 0 Å². The molecule has 27 heavy (non-hydrogen) atoms. The number of benzene rings is 1. The van der Waals surface area contributed by atoms with E-state index in [9.17, 15) is 4.79 Å². The van der Waals surface area contributed by atoms with Gasteiger partial charge in [-0.1, -0.05) is 59.2 Å². The summed E-state index contributed by atoms with van der Waals surface area (Å²) >= 11 is 0. The lowest BCUT2D eigenvalue weighted by atomic mass is 9.83. The van der Waals surface area contributed by atoms with Gasteiger partial charge in [0.15, 0.2) is 0 Å². The van der Waals surface area contributed by atoms with Crippen LogP contribution in [0.25, 0.3) is 0 Å². The highest BCUT2D eigenvalue weighted by molar-refractivity contribution is 5.81. The van der Waals surface area contributed by atoms with Crippen molar-refractivity contribution in [2.75, 3.05) is 5.32 Å². The Balaban J connectivity index is 1.85. The maximum absolute atomic E-state index is 11.6. The number of ketones is 1. The van der Waals surface area contributed by atoms with E-state index >= 15 is 0 Å². The molecule has 2 rings (SSSR count). The van der Waals surface area contributed by atoms with Gasteiger partial charge in [0, 0.05) is 22.7 Å². The predicted molar refractivity (Wildman–Crippen MR) is 117 cm³/mol. The zero-order valence-electron chi connectivity index (χ0n) is 18.6. The molecule has 1 N–H and O–H groups in total. The van der Waals surface area contributed by atoms with E-state index in [1.165, 1.54) is 41.6 Å². The summed E-state index contributed by atoms with van der Waals surface area (Å²) in [7, 11) is 0. The Kier molecular flexibility index (Phi) is 6.60. The second-order valence-electron chi connectivity index (χ2n) is 10.0. The summed E-state index contributed by atoms with van der Waals surface area (Å²) in [6, 6.07) is 4.64. The summed E-state index contributed by atoms with van der Waals surface area (Å²) in [5, 5.41) is 3.60. The van der Waals surface area contributed by atoms with E-state index < -0.39 is 0 Å². The molecule has 0 radical (unpaired) electrons. The zero-order chi connectivity index (χ0) is 20.4. The molecule has 0 saturated heterocycles. The number of allylic oxidation sites excluding steroid dienone is 1. The fourth-order valence-electron chi connectivity index (χ4n) is 3.95. The van der Waals surface area contributed by atoms with Crippen molar-refractivity contribution in [3.63, 3.8) is 0 Å². The highest BCUT2D eigenvalue weighted by Crippen LogP contribution is 2.55. The quantitative estimate of drug-likeness (QED) is 0.450. The van der Waals surface area contributed by atoms with Crippen molar-refractivity contribution in [1.82, 2.24) is 0 Å². The van der Waals surface area contributed by atoms with Crippen LogP contribution in [0.5, 0.6) is 0 Å². The van der Waals surface area contributed by atoms with Crippen LogP contribution in [0, 0.1) is 30.6 Å². The van der Waals surface area contributed by atoms with Gasteiger partial charge in [-0.2, -0.15) is 0 Å². The first-order chi connectivity index (χ1) is 12.4. The number of hydrogen-bond acceptors (Lipinski definition) is 2. The Morgan fingerprint density at radius 2 is 1.74 bits per heavy atom. The number of rotatable bonds is 10. The molecule has 1 aliphatic rings. The van der Waals surface area contributed by atoms with Crippen molar-refractivity contribution in [2.24, 2.45) is 16.7 Å². The topological polar surface area (TPSA) is 29.1 Å². The maximum Gasteiger partial charge on any atom is 0.135 e. The van der Waals surface area contributed by atoms with Gasteiger partial charge in [0.05, 0.1) is 0 Å². The number of nitrogens with one attached hydrogen (secondary N) is 1. The third kappa shape index (κ3) is 5.70. The number of carbonyl (C=O) groups excluding carboxylic acids is 1. The van der Waals surface area contributed by atoms with E-state index in [0.29, 0.717) is 17.1 Å². The van der Waals surface area contributed by atoms with Gasteiger partial charge in [0.25, 0.3) is 0 Å². The van der Waals surface area contributed by atoms with Crippen LogP contribution in [0.2, 0.25) is 0 Å². The van der Waals surface area contributed by atoms with Crippen LogP contribution in [-0.2, 0) is 11.2 Å². The molecule has 0 aliphatic heterocycles. The molecule has 1 unspecified atom stereocenters. The first-order valence-corrected chi connectivity index (χ1v) is 10.5. The van der Waals surface area contributed by atoms with Crippen LogP contribution in [0.1, 0.15) is 83.4 Å². The lowest BCUT2D eigenvalue weighted by molar-refractivity contribution is -0.125. The number of hydrogen-bond donors (Lipinski definition) is 1. The summed E-state index contributed by atoms with van der Waals surface area (Å²) < 4.78 is 0. The zero-order valence-corrected chi connectivity index (χ0v) is 18.6. The Labute approximate surface area is 166 Å². The fraction of sp³-hybridized carbons (Fsp3) is 0.640. The lowest BCUT2D eigenvalue weighted by Crippen LogP contribution is -2.20.